The summed E-state index contributed by atoms with van der Waals surface area (Å²) in [6, 6.07) is 0. The Morgan fingerprint density at radius 3 is 2.67 bits per heavy atom. The lowest BCUT2D eigenvalue weighted by Gasteiger charge is -2.22. The Balaban J connectivity index is 1.78. The third-order valence-electron chi connectivity index (χ3n) is 4.97. The summed E-state index contributed by atoms with van der Waals surface area (Å²) in [5.74, 6) is 3.26. The Morgan fingerprint density at radius 1 is 1.26 bits per heavy atom. The fourth-order valence-electron chi connectivity index (χ4n) is 3.54. The molecular weight excluding hydrogens is 342 g/mol. The van der Waals surface area contributed by atoms with Crippen molar-refractivity contribution in [2.45, 2.75) is 78.2 Å². The van der Waals surface area contributed by atoms with Gasteiger partial charge in [-0.2, -0.15) is 4.98 Å². The third-order valence-corrected chi connectivity index (χ3v) is 4.97. The number of nitrogens with zero attached hydrogens (tertiary/aromatic N) is 3. The molecule has 0 spiro atoms. The van der Waals surface area contributed by atoms with Crippen LogP contribution in [-0.4, -0.2) is 48.4 Å². The van der Waals surface area contributed by atoms with Crippen LogP contribution < -0.4 is 10.6 Å². The summed E-state index contributed by atoms with van der Waals surface area (Å²) in [4.78, 5) is 9.13. The molecule has 154 valence electrons. The average molecular weight is 380 g/mol. The van der Waals surface area contributed by atoms with Crippen LogP contribution in [0.1, 0.15) is 77.4 Å². The molecule has 0 saturated heterocycles. The fourth-order valence-corrected chi connectivity index (χ4v) is 3.54. The van der Waals surface area contributed by atoms with Crippen LogP contribution >= 0.6 is 0 Å². The number of rotatable bonds is 11. The van der Waals surface area contributed by atoms with Crippen LogP contribution in [0, 0.1) is 5.92 Å². The van der Waals surface area contributed by atoms with E-state index in [1.807, 2.05) is 0 Å². The van der Waals surface area contributed by atoms with Gasteiger partial charge in [-0.1, -0.05) is 31.8 Å². The molecule has 0 radical (unpaired) electrons. The Hall–Kier alpha value is -1.63. The van der Waals surface area contributed by atoms with E-state index in [0.29, 0.717) is 30.9 Å². The van der Waals surface area contributed by atoms with Crippen molar-refractivity contribution in [2.24, 2.45) is 10.9 Å². The lowest BCUT2D eigenvalue weighted by Crippen LogP contribution is -2.38. The van der Waals surface area contributed by atoms with Gasteiger partial charge in [-0.25, -0.2) is 0 Å². The molecule has 7 heteroatoms. The second kappa shape index (κ2) is 12.0. The molecule has 0 aliphatic heterocycles. The number of hydrogen-bond donors (Lipinski definition) is 2. The van der Waals surface area contributed by atoms with Gasteiger partial charge in [0.15, 0.2) is 11.8 Å². The van der Waals surface area contributed by atoms with Gasteiger partial charge in [0.2, 0.25) is 5.89 Å². The fraction of sp³-hybridized carbons (Fsp3) is 0.850. The number of aromatic nitrogens is 2. The van der Waals surface area contributed by atoms with E-state index in [1.54, 1.807) is 0 Å². The van der Waals surface area contributed by atoms with E-state index in [1.165, 1.54) is 25.7 Å². The highest BCUT2D eigenvalue weighted by atomic mass is 16.5. The zero-order valence-electron chi connectivity index (χ0n) is 17.5. The van der Waals surface area contributed by atoms with Gasteiger partial charge in [-0.15, -0.1) is 0 Å². The minimum Gasteiger partial charge on any atom is -0.378 e. The smallest absolute Gasteiger partial charge is 0.228 e. The molecule has 27 heavy (non-hydrogen) atoms. The molecule has 1 fully saturated rings. The van der Waals surface area contributed by atoms with E-state index in [2.05, 4.69) is 48.5 Å². The van der Waals surface area contributed by atoms with Crippen LogP contribution in [0.4, 0.5) is 0 Å². The van der Waals surface area contributed by atoms with Crippen molar-refractivity contribution >= 4 is 5.96 Å². The van der Waals surface area contributed by atoms with E-state index in [-0.39, 0.29) is 5.92 Å². The first-order valence-corrected chi connectivity index (χ1v) is 10.6. The van der Waals surface area contributed by atoms with Crippen LogP contribution in [0.25, 0.3) is 0 Å². The molecule has 0 amide bonds. The number of ether oxygens (including phenoxy) is 1. The first-order chi connectivity index (χ1) is 13.1. The van der Waals surface area contributed by atoms with Crippen molar-refractivity contribution < 1.29 is 9.26 Å². The zero-order valence-corrected chi connectivity index (χ0v) is 17.5. The highest BCUT2D eigenvalue weighted by Gasteiger charge is 2.24. The van der Waals surface area contributed by atoms with Crippen molar-refractivity contribution in [2.75, 3.05) is 26.2 Å². The van der Waals surface area contributed by atoms with E-state index in [4.69, 9.17) is 14.3 Å². The quantitative estimate of drug-likeness (QED) is 0.453. The average Bonchev–Trinajstić information content (AvgIpc) is 3.33. The van der Waals surface area contributed by atoms with Crippen LogP contribution in [0.3, 0.4) is 0 Å². The lowest BCUT2D eigenvalue weighted by atomic mass is 9.98. The highest BCUT2D eigenvalue weighted by Crippen LogP contribution is 2.30. The molecule has 0 bridgehead atoms. The molecule has 1 aromatic heterocycles. The number of hydrogen-bond acceptors (Lipinski definition) is 5. The monoisotopic (exact) mass is 379 g/mol. The molecule has 2 N–H and O–H groups in total. The van der Waals surface area contributed by atoms with Gasteiger partial charge in [0.05, 0.1) is 6.10 Å². The zero-order chi connectivity index (χ0) is 19.5. The normalized spacial score (nSPS) is 16.9. The number of nitrogens with one attached hydrogen (secondary N) is 2. The SMILES string of the molecule is CCNC(=NCCC(OCC)C1CCCC1)NCCc1nc(C(C)C)no1. The molecule has 1 heterocycles. The van der Waals surface area contributed by atoms with E-state index < -0.39 is 0 Å². The minimum atomic E-state index is 0.285. The van der Waals surface area contributed by atoms with Gasteiger partial charge >= 0.3 is 0 Å². The van der Waals surface area contributed by atoms with Crippen LogP contribution in [0.5, 0.6) is 0 Å². The molecule has 0 aromatic carbocycles. The largest absolute Gasteiger partial charge is 0.378 e. The topological polar surface area (TPSA) is 84.6 Å². The summed E-state index contributed by atoms with van der Waals surface area (Å²) in [6.07, 6.45) is 7.30. The highest BCUT2D eigenvalue weighted by molar-refractivity contribution is 5.79. The summed E-state index contributed by atoms with van der Waals surface area (Å²) >= 11 is 0. The van der Waals surface area contributed by atoms with Gasteiger partial charge in [-0.05, 0) is 39.0 Å². The summed E-state index contributed by atoms with van der Waals surface area (Å²) < 4.78 is 11.3. The van der Waals surface area contributed by atoms with Gasteiger partial charge in [0, 0.05) is 38.6 Å². The van der Waals surface area contributed by atoms with Gasteiger partial charge < -0.3 is 19.9 Å². The Morgan fingerprint density at radius 2 is 2.04 bits per heavy atom. The molecule has 1 aliphatic rings. The second-order valence-electron chi connectivity index (χ2n) is 7.47. The molecule has 1 aliphatic carbocycles. The second-order valence-corrected chi connectivity index (χ2v) is 7.47. The van der Waals surface area contributed by atoms with Crippen LogP contribution in [-0.2, 0) is 11.2 Å². The maximum atomic E-state index is 5.99. The molecule has 1 unspecified atom stereocenters. The minimum absolute atomic E-state index is 0.285. The van der Waals surface area contributed by atoms with E-state index >= 15 is 0 Å². The van der Waals surface area contributed by atoms with Crippen LogP contribution in [0.15, 0.2) is 9.52 Å². The molecule has 7 nitrogen and oxygen atoms in total. The standard InChI is InChI=1S/C20H37N5O2/c1-5-21-20(23-14-12-18-24-19(15(3)4)25-27-18)22-13-11-17(26-6-2)16-9-7-8-10-16/h15-17H,5-14H2,1-4H3,(H2,21,22,23). The van der Waals surface area contributed by atoms with Gasteiger partial charge in [-0.3, -0.25) is 4.99 Å². The molecular formula is C20H37N5O2. The van der Waals surface area contributed by atoms with Crippen molar-refractivity contribution in [1.82, 2.24) is 20.8 Å². The first-order valence-electron chi connectivity index (χ1n) is 10.6. The first kappa shape index (κ1) is 21.7. The maximum Gasteiger partial charge on any atom is 0.228 e. The summed E-state index contributed by atoms with van der Waals surface area (Å²) in [5.41, 5.74) is 0. The molecule has 1 saturated carbocycles. The molecule has 1 aromatic rings. The predicted molar refractivity (Wildman–Crippen MR) is 108 cm³/mol. The van der Waals surface area contributed by atoms with Crippen molar-refractivity contribution in [1.29, 1.82) is 0 Å². The van der Waals surface area contributed by atoms with E-state index in [0.717, 1.165) is 37.9 Å². The van der Waals surface area contributed by atoms with E-state index in [9.17, 15) is 0 Å². The molecule has 2 rings (SSSR count). The number of aliphatic imine (C=N–C) groups is 1. The van der Waals surface area contributed by atoms with Crippen molar-refractivity contribution in [3.05, 3.63) is 11.7 Å². The van der Waals surface area contributed by atoms with Crippen molar-refractivity contribution in [3.8, 4) is 0 Å². The van der Waals surface area contributed by atoms with Gasteiger partial charge in [0.25, 0.3) is 0 Å². The molecule has 1 atom stereocenters. The predicted octanol–water partition coefficient (Wildman–Crippen LogP) is 3.28. The third kappa shape index (κ3) is 7.48. The Labute approximate surface area is 163 Å². The van der Waals surface area contributed by atoms with Crippen LogP contribution in [0.2, 0.25) is 0 Å². The summed E-state index contributed by atoms with van der Waals surface area (Å²) in [7, 11) is 0. The Bertz CT molecular complexity index is 552. The number of guanidine groups is 1. The van der Waals surface area contributed by atoms with Crippen molar-refractivity contribution in [3.63, 3.8) is 0 Å². The summed E-state index contributed by atoms with van der Waals surface area (Å²) in [5, 5.41) is 10.7. The maximum absolute atomic E-state index is 5.99. The lowest BCUT2D eigenvalue weighted by molar-refractivity contribution is 0.0177. The summed E-state index contributed by atoms with van der Waals surface area (Å²) in [6.45, 7) is 11.4. The Kier molecular flexibility index (Phi) is 9.59. The van der Waals surface area contributed by atoms with Gasteiger partial charge in [0.1, 0.15) is 0 Å².